The summed E-state index contributed by atoms with van der Waals surface area (Å²) in [5.41, 5.74) is 10.1. The molecule has 4 heterocycles. The highest BCUT2D eigenvalue weighted by atomic mass is 16.5. The van der Waals surface area contributed by atoms with Crippen LogP contribution >= 0.6 is 0 Å². The number of benzene rings is 1. The van der Waals surface area contributed by atoms with Gasteiger partial charge in [-0.25, -0.2) is 14.8 Å². The summed E-state index contributed by atoms with van der Waals surface area (Å²) in [6.45, 7) is 9.60. The van der Waals surface area contributed by atoms with Crippen LogP contribution in [0.2, 0.25) is 0 Å². The van der Waals surface area contributed by atoms with Gasteiger partial charge in [0.1, 0.15) is 17.9 Å². The first-order valence-corrected chi connectivity index (χ1v) is 12.6. The Balaban J connectivity index is 1.57. The molecule has 5 rings (SSSR count). The van der Waals surface area contributed by atoms with Gasteiger partial charge in [-0.3, -0.25) is 4.98 Å². The minimum atomic E-state index is -0.579. The third-order valence-corrected chi connectivity index (χ3v) is 6.51. The molecule has 37 heavy (non-hydrogen) atoms. The van der Waals surface area contributed by atoms with Crippen molar-refractivity contribution in [3.05, 3.63) is 48.5 Å². The van der Waals surface area contributed by atoms with Crippen molar-refractivity contribution in [3.8, 4) is 11.1 Å². The van der Waals surface area contributed by atoms with Crippen molar-refractivity contribution >= 4 is 33.8 Å². The van der Waals surface area contributed by atoms with E-state index in [1.54, 1.807) is 11.1 Å². The number of rotatable bonds is 7. The highest BCUT2D eigenvalue weighted by molar-refractivity contribution is 6.07. The molecule has 1 aromatic carbocycles. The smallest absolute Gasteiger partial charge is 0.318 e. The molecule has 0 spiro atoms. The van der Waals surface area contributed by atoms with E-state index in [0.29, 0.717) is 57.4 Å². The first-order valence-electron chi connectivity index (χ1n) is 12.6. The van der Waals surface area contributed by atoms with Gasteiger partial charge in [-0.1, -0.05) is 18.2 Å². The maximum absolute atomic E-state index is 13.0. The van der Waals surface area contributed by atoms with Crippen LogP contribution in [0.15, 0.2) is 42.7 Å². The normalized spacial score (nSPS) is 14.4. The van der Waals surface area contributed by atoms with Crippen molar-refractivity contribution in [2.24, 2.45) is 0 Å². The van der Waals surface area contributed by atoms with Gasteiger partial charge in [0.2, 0.25) is 0 Å². The van der Waals surface area contributed by atoms with Gasteiger partial charge in [-0.2, -0.15) is 0 Å². The summed E-state index contributed by atoms with van der Waals surface area (Å²) in [6.07, 6.45) is 3.58. The van der Waals surface area contributed by atoms with Gasteiger partial charge in [0.15, 0.2) is 5.82 Å². The molecule has 1 fully saturated rings. The molecule has 0 saturated carbocycles. The van der Waals surface area contributed by atoms with Crippen molar-refractivity contribution in [1.29, 1.82) is 0 Å². The van der Waals surface area contributed by atoms with E-state index in [9.17, 15) is 4.79 Å². The number of pyridine rings is 2. The van der Waals surface area contributed by atoms with Crippen molar-refractivity contribution < 1.29 is 14.3 Å². The van der Waals surface area contributed by atoms with Crippen molar-refractivity contribution in [2.45, 2.75) is 39.5 Å². The molecule has 0 atom stereocenters. The maximum Gasteiger partial charge on any atom is 0.318 e. The predicted molar refractivity (Wildman–Crippen MR) is 143 cm³/mol. The number of amides is 2. The Morgan fingerprint density at radius 2 is 2.00 bits per heavy atom. The van der Waals surface area contributed by atoms with E-state index in [4.69, 9.17) is 20.2 Å². The van der Waals surface area contributed by atoms with Crippen molar-refractivity contribution in [2.75, 3.05) is 38.6 Å². The van der Waals surface area contributed by atoms with E-state index in [1.807, 2.05) is 51.2 Å². The minimum absolute atomic E-state index is 0.101. The maximum atomic E-state index is 13.0. The van der Waals surface area contributed by atoms with Crippen LogP contribution in [-0.2, 0) is 22.6 Å². The van der Waals surface area contributed by atoms with Gasteiger partial charge in [0.05, 0.1) is 29.8 Å². The largest absolute Gasteiger partial charge is 0.382 e. The zero-order valence-electron chi connectivity index (χ0n) is 21.5. The molecule has 3 aromatic heterocycles. The minimum Gasteiger partial charge on any atom is -0.382 e. The fourth-order valence-corrected chi connectivity index (χ4v) is 4.71. The number of aromatic nitrogens is 4. The lowest BCUT2D eigenvalue weighted by molar-refractivity contribution is 0.0511. The molecule has 3 N–H and O–H groups in total. The number of carbonyl (C=O) groups excluding carboxylic acids is 1. The summed E-state index contributed by atoms with van der Waals surface area (Å²) in [5, 5.41) is 4.13. The number of hydrogen-bond donors (Lipinski definition) is 2. The number of hydrogen-bond acceptors (Lipinski definition) is 7. The Morgan fingerprint density at radius 1 is 1.19 bits per heavy atom. The van der Waals surface area contributed by atoms with Crippen molar-refractivity contribution in [3.63, 3.8) is 0 Å². The molecule has 194 valence electrons. The first kappa shape index (κ1) is 24.9. The second-order valence-corrected chi connectivity index (χ2v) is 9.83. The van der Waals surface area contributed by atoms with Crippen LogP contribution in [0.3, 0.4) is 0 Å². The topological polar surface area (TPSA) is 120 Å². The van der Waals surface area contributed by atoms with Gasteiger partial charge in [0, 0.05) is 49.6 Å². The summed E-state index contributed by atoms with van der Waals surface area (Å²) in [5.74, 6) is 1.10. The summed E-state index contributed by atoms with van der Waals surface area (Å²) < 4.78 is 13.2. The fraction of sp³-hybridized carbons (Fsp3) is 0.407. The Labute approximate surface area is 215 Å². The molecule has 0 radical (unpaired) electrons. The summed E-state index contributed by atoms with van der Waals surface area (Å²) in [4.78, 5) is 28.5. The van der Waals surface area contributed by atoms with Gasteiger partial charge in [-0.05, 0) is 38.5 Å². The molecule has 2 amide bonds. The highest BCUT2D eigenvalue weighted by Crippen LogP contribution is 2.32. The third-order valence-electron chi connectivity index (χ3n) is 6.51. The first-order chi connectivity index (χ1) is 17.9. The number of nitrogens with zero attached hydrogens (tertiary/aromatic N) is 5. The summed E-state index contributed by atoms with van der Waals surface area (Å²) in [7, 11) is 0. The number of anilines is 1. The second kappa shape index (κ2) is 10.3. The Kier molecular flexibility index (Phi) is 6.94. The Morgan fingerprint density at radius 3 is 2.73 bits per heavy atom. The van der Waals surface area contributed by atoms with Gasteiger partial charge < -0.3 is 30.0 Å². The van der Waals surface area contributed by atoms with Crippen LogP contribution in [0, 0.1) is 0 Å². The van der Waals surface area contributed by atoms with E-state index < -0.39 is 5.54 Å². The average molecular weight is 504 g/mol. The molecule has 0 unspecified atom stereocenters. The molecular formula is C27H33N7O3. The monoisotopic (exact) mass is 503 g/mol. The molecule has 1 saturated heterocycles. The average Bonchev–Trinajstić information content (AvgIpc) is 3.26. The molecular weight excluding hydrogens is 470 g/mol. The lowest BCUT2D eigenvalue weighted by atomic mass is 10.0. The number of urea groups is 1. The molecule has 4 aromatic rings. The van der Waals surface area contributed by atoms with Crippen LogP contribution in [0.1, 0.15) is 26.6 Å². The number of nitrogen functional groups attached to an aromatic ring is 1. The molecule has 0 bridgehead atoms. The molecule has 1 aliphatic heterocycles. The summed E-state index contributed by atoms with van der Waals surface area (Å²) in [6, 6.07) is 9.95. The number of imidazole rings is 1. The highest BCUT2D eigenvalue weighted by Gasteiger charge is 2.28. The number of morpholine rings is 1. The van der Waals surface area contributed by atoms with Crippen molar-refractivity contribution in [1.82, 2.24) is 29.7 Å². The van der Waals surface area contributed by atoms with Gasteiger partial charge in [-0.15, -0.1) is 0 Å². The Hall–Kier alpha value is -3.76. The lowest BCUT2D eigenvalue weighted by Gasteiger charge is -2.33. The number of ether oxygens (including phenoxy) is 2. The standard InChI is InChI=1S/C27H33N7O3/c1-4-36-16-22-31-23-24(34(22)17-27(2,3)32-26(35)33-10-12-37-13-11-33)20-8-7-18(14-21(20)30-25(23)28)19-6-5-9-29-15-19/h5-9,14-15H,4,10-13,16-17H2,1-3H3,(H2,28,30)(H,32,35). The molecule has 10 nitrogen and oxygen atoms in total. The van der Waals surface area contributed by atoms with E-state index in [1.165, 1.54) is 0 Å². The fourth-order valence-electron chi connectivity index (χ4n) is 4.71. The number of carbonyl (C=O) groups is 1. The number of nitrogens with two attached hydrogens (primary N) is 1. The van der Waals surface area contributed by atoms with Crippen LogP contribution in [-0.4, -0.2) is 68.9 Å². The summed E-state index contributed by atoms with van der Waals surface area (Å²) >= 11 is 0. The predicted octanol–water partition coefficient (Wildman–Crippen LogP) is 3.59. The third kappa shape index (κ3) is 5.21. The van der Waals surface area contributed by atoms with E-state index in [0.717, 1.165) is 33.4 Å². The quantitative estimate of drug-likeness (QED) is 0.395. The van der Waals surface area contributed by atoms with Crippen LogP contribution in [0.25, 0.3) is 33.1 Å². The zero-order chi connectivity index (χ0) is 26.0. The van der Waals surface area contributed by atoms with E-state index >= 15 is 0 Å². The van der Waals surface area contributed by atoms with Crippen LogP contribution in [0.4, 0.5) is 10.6 Å². The van der Waals surface area contributed by atoms with E-state index in [-0.39, 0.29) is 6.03 Å². The molecule has 10 heteroatoms. The molecule has 0 aliphatic carbocycles. The Bertz CT molecular complexity index is 1410. The number of nitrogens with one attached hydrogen (secondary N) is 1. The SMILES string of the molecule is CCOCc1nc2c(N)nc3cc(-c4cccnc4)ccc3c2n1CC(C)(C)NC(=O)N1CCOCC1. The molecule has 1 aliphatic rings. The van der Waals surface area contributed by atoms with Gasteiger partial charge in [0.25, 0.3) is 0 Å². The van der Waals surface area contributed by atoms with E-state index in [2.05, 4.69) is 25.9 Å². The second-order valence-electron chi connectivity index (χ2n) is 9.83. The van der Waals surface area contributed by atoms with Gasteiger partial charge >= 0.3 is 6.03 Å². The van der Waals surface area contributed by atoms with Crippen LogP contribution in [0.5, 0.6) is 0 Å². The zero-order valence-corrected chi connectivity index (χ0v) is 21.5. The lowest BCUT2D eigenvalue weighted by Crippen LogP contribution is -2.54. The number of fused-ring (bicyclic) bond motifs is 3. The van der Waals surface area contributed by atoms with Crippen LogP contribution < -0.4 is 11.1 Å².